The summed E-state index contributed by atoms with van der Waals surface area (Å²) >= 11 is 0. The minimum atomic E-state index is -1.11. The first kappa shape index (κ1) is 30.8. The van der Waals surface area contributed by atoms with Crippen molar-refractivity contribution in [1.29, 1.82) is 0 Å². The van der Waals surface area contributed by atoms with Gasteiger partial charge in [0.05, 0.1) is 39.1 Å². The highest BCUT2D eigenvalue weighted by Crippen LogP contribution is 2.42. The van der Waals surface area contributed by atoms with Gasteiger partial charge in [0.1, 0.15) is 36.0 Å². The zero-order chi connectivity index (χ0) is 31.1. The number of hydrogen-bond donors (Lipinski definition) is 2. The Morgan fingerprint density at radius 2 is 1.55 bits per heavy atom. The predicted octanol–water partition coefficient (Wildman–Crippen LogP) is 3.36. The molecule has 228 valence electrons. The molecule has 0 bridgehead atoms. The van der Waals surface area contributed by atoms with Crippen LogP contribution >= 0.6 is 0 Å². The van der Waals surface area contributed by atoms with Crippen LogP contribution in [0, 0.1) is 12.3 Å². The minimum absolute atomic E-state index is 0.0160. The Labute approximate surface area is 254 Å². The molecule has 1 aromatic heterocycles. The number of nitrogens with one attached hydrogen (secondary N) is 1. The average molecular weight is 599 g/mol. The number of aliphatic hydroxyl groups is 1. The molecular formula is C34H34N2O8. The van der Waals surface area contributed by atoms with Gasteiger partial charge in [-0.25, -0.2) is 4.79 Å². The molecule has 2 N–H and O–H groups in total. The second-order valence-corrected chi connectivity index (χ2v) is 10.3. The van der Waals surface area contributed by atoms with Gasteiger partial charge in [-0.05, 0) is 41.0 Å². The van der Waals surface area contributed by atoms with Gasteiger partial charge >= 0.3 is 5.69 Å². The summed E-state index contributed by atoms with van der Waals surface area (Å²) in [5.41, 5.74) is 0.363. The van der Waals surface area contributed by atoms with Gasteiger partial charge in [-0.3, -0.25) is 14.3 Å². The molecule has 0 unspecified atom stereocenters. The maximum atomic E-state index is 12.7. The van der Waals surface area contributed by atoms with Crippen molar-refractivity contribution in [3.05, 3.63) is 128 Å². The third-order valence-electron chi connectivity index (χ3n) is 7.64. The van der Waals surface area contributed by atoms with Gasteiger partial charge < -0.3 is 28.8 Å². The van der Waals surface area contributed by atoms with Gasteiger partial charge in [-0.2, -0.15) is 0 Å². The summed E-state index contributed by atoms with van der Waals surface area (Å²) in [6, 6.07) is 25.0. The summed E-state index contributed by atoms with van der Waals surface area (Å²) in [6.07, 6.45) is 4.11. The summed E-state index contributed by atoms with van der Waals surface area (Å²) in [5.74, 6) is 3.72. The number of nitrogens with zero attached hydrogens (tertiary/aromatic N) is 1. The van der Waals surface area contributed by atoms with Crippen LogP contribution in [0.1, 0.15) is 34.9 Å². The van der Waals surface area contributed by atoms with Crippen LogP contribution in [-0.2, 0) is 26.4 Å². The molecule has 3 atom stereocenters. The molecule has 10 nitrogen and oxygen atoms in total. The highest BCUT2D eigenvalue weighted by atomic mass is 16.6. The SMILES string of the molecule is C#CCOCc1cn([C@H]2C[C@H](O)[C@@H](COC(c3ccccc3)(c3ccc(OC)cc3)c3ccc(OC)cc3)O2)c(=O)[nH]c1=O. The summed E-state index contributed by atoms with van der Waals surface area (Å²) in [5, 5.41) is 11.1. The molecule has 3 aromatic carbocycles. The fourth-order valence-corrected chi connectivity index (χ4v) is 5.38. The number of hydrogen-bond acceptors (Lipinski definition) is 8. The van der Waals surface area contributed by atoms with E-state index in [0.29, 0.717) is 11.5 Å². The van der Waals surface area contributed by atoms with Crippen LogP contribution in [0.2, 0.25) is 0 Å². The topological polar surface area (TPSA) is 121 Å². The third-order valence-corrected chi connectivity index (χ3v) is 7.64. The molecule has 0 radical (unpaired) electrons. The first-order valence-corrected chi connectivity index (χ1v) is 14.1. The van der Waals surface area contributed by atoms with E-state index >= 15 is 0 Å². The molecular weight excluding hydrogens is 564 g/mol. The van der Waals surface area contributed by atoms with Crippen molar-refractivity contribution in [2.24, 2.45) is 0 Å². The lowest BCUT2D eigenvalue weighted by Gasteiger charge is -2.37. The van der Waals surface area contributed by atoms with Crippen molar-refractivity contribution in [1.82, 2.24) is 9.55 Å². The summed E-state index contributed by atoms with van der Waals surface area (Å²) < 4.78 is 30.4. The predicted molar refractivity (Wildman–Crippen MR) is 163 cm³/mol. The number of terminal acetylenes is 1. The van der Waals surface area contributed by atoms with Gasteiger partial charge in [-0.15, -0.1) is 6.42 Å². The van der Waals surface area contributed by atoms with Gasteiger partial charge in [0, 0.05) is 12.6 Å². The molecule has 0 spiro atoms. The largest absolute Gasteiger partial charge is 0.497 e. The first-order chi connectivity index (χ1) is 21.4. The van der Waals surface area contributed by atoms with Crippen LogP contribution in [0.15, 0.2) is 94.6 Å². The van der Waals surface area contributed by atoms with E-state index in [4.69, 9.17) is 30.1 Å². The Morgan fingerprint density at radius 1 is 0.955 bits per heavy atom. The summed E-state index contributed by atoms with van der Waals surface area (Å²) in [7, 11) is 3.21. The zero-order valence-electron chi connectivity index (χ0n) is 24.5. The lowest BCUT2D eigenvalue weighted by Crippen LogP contribution is -2.38. The van der Waals surface area contributed by atoms with E-state index < -0.39 is 35.3 Å². The van der Waals surface area contributed by atoms with Crippen molar-refractivity contribution in [3.63, 3.8) is 0 Å². The van der Waals surface area contributed by atoms with Crippen molar-refractivity contribution >= 4 is 0 Å². The van der Waals surface area contributed by atoms with Crippen LogP contribution in [0.25, 0.3) is 0 Å². The second-order valence-electron chi connectivity index (χ2n) is 10.3. The monoisotopic (exact) mass is 598 g/mol. The van der Waals surface area contributed by atoms with E-state index in [9.17, 15) is 14.7 Å². The van der Waals surface area contributed by atoms with Crippen molar-refractivity contribution in [2.75, 3.05) is 27.4 Å². The van der Waals surface area contributed by atoms with Gasteiger partial charge in [0.25, 0.3) is 5.56 Å². The molecule has 1 aliphatic heterocycles. The fourth-order valence-electron chi connectivity index (χ4n) is 5.38. The molecule has 1 saturated heterocycles. The van der Waals surface area contributed by atoms with E-state index in [2.05, 4.69) is 10.9 Å². The van der Waals surface area contributed by atoms with Crippen LogP contribution in [-0.4, -0.2) is 54.3 Å². The normalized spacial score (nSPS) is 18.1. The minimum Gasteiger partial charge on any atom is -0.497 e. The van der Waals surface area contributed by atoms with E-state index in [1.165, 1.54) is 10.8 Å². The van der Waals surface area contributed by atoms with E-state index in [-0.39, 0.29) is 31.8 Å². The Balaban J connectivity index is 1.49. The molecule has 4 aromatic rings. The van der Waals surface area contributed by atoms with Crippen LogP contribution in [0.3, 0.4) is 0 Å². The molecule has 0 aliphatic carbocycles. The smallest absolute Gasteiger partial charge is 0.330 e. The maximum Gasteiger partial charge on any atom is 0.330 e. The highest BCUT2D eigenvalue weighted by Gasteiger charge is 2.42. The Hall–Kier alpha value is -4.66. The number of H-pyrrole nitrogens is 1. The fraction of sp³-hybridized carbons (Fsp3) is 0.294. The highest BCUT2D eigenvalue weighted by molar-refractivity contribution is 5.49. The number of aromatic nitrogens is 2. The van der Waals surface area contributed by atoms with Gasteiger partial charge in [0.15, 0.2) is 0 Å². The number of benzene rings is 3. The Morgan fingerprint density at radius 3 is 2.11 bits per heavy atom. The number of methoxy groups -OCH3 is 2. The summed E-state index contributed by atoms with van der Waals surface area (Å²) in [4.78, 5) is 27.3. The number of ether oxygens (including phenoxy) is 5. The van der Waals surface area contributed by atoms with Crippen LogP contribution in [0.5, 0.6) is 11.5 Å². The zero-order valence-corrected chi connectivity index (χ0v) is 24.5. The Bertz CT molecular complexity index is 1640. The molecule has 5 rings (SSSR count). The van der Waals surface area contributed by atoms with Crippen molar-refractivity contribution < 1.29 is 28.8 Å². The maximum absolute atomic E-state index is 12.7. The standard InChI is InChI=1S/C34H34N2O8/c1-4-18-42-21-23-20-36(33(39)35-32(23)38)31-19-29(37)30(44-31)22-43-34(24-8-6-5-7-9-24,25-10-14-27(40-2)15-11-25)26-12-16-28(41-3)17-13-26/h1,5-17,20,29-31,37H,18-19,21-22H2,2-3H3,(H,35,38,39)/t29-,30+,31+/m0/s1. The van der Waals surface area contributed by atoms with Gasteiger partial charge in [-0.1, -0.05) is 60.5 Å². The third kappa shape index (κ3) is 6.32. The van der Waals surface area contributed by atoms with Crippen molar-refractivity contribution in [2.45, 2.75) is 37.1 Å². The van der Waals surface area contributed by atoms with E-state index in [1.807, 2.05) is 78.9 Å². The van der Waals surface area contributed by atoms with Crippen LogP contribution in [0.4, 0.5) is 0 Å². The molecule has 44 heavy (non-hydrogen) atoms. The quantitative estimate of drug-likeness (QED) is 0.145. The second kappa shape index (κ2) is 13.8. The molecule has 10 heteroatoms. The number of rotatable bonds is 12. The number of aromatic amines is 1. The molecule has 1 fully saturated rings. The average Bonchev–Trinajstić information content (AvgIpc) is 3.43. The lowest BCUT2D eigenvalue weighted by atomic mass is 9.80. The molecule has 2 heterocycles. The first-order valence-electron chi connectivity index (χ1n) is 14.1. The summed E-state index contributed by atoms with van der Waals surface area (Å²) in [6.45, 7) is -0.0893. The molecule has 1 aliphatic rings. The molecule has 0 amide bonds. The van der Waals surface area contributed by atoms with E-state index in [1.54, 1.807) is 14.2 Å². The van der Waals surface area contributed by atoms with Crippen molar-refractivity contribution in [3.8, 4) is 23.8 Å². The Kier molecular flexibility index (Phi) is 9.62. The number of aliphatic hydroxyl groups excluding tert-OH is 1. The van der Waals surface area contributed by atoms with E-state index in [0.717, 1.165) is 16.7 Å². The van der Waals surface area contributed by atoms with Gasteiger partial charge in [0.2, 0.25) is 0 Å². The molecule has 0 saturated carbocycles. The lowest BCUT2D eigenvalue weighted by molar-refractivity contribution is -0.0945. The van der Waals surface area contributed by atoms with Crippen LogP contribution < -0.4 is 20.7 Å².